The van der Waals surface area contributed by atoms with Gasteiger partial charge in [0.2, 0.25) is 5.91 Å². The zero-order valence-electron chi connectivity index (χ0n) is 21.1. The Kier molecular flexibility index (Phi) is 7.07. The number of ether oxygens (including phenoxy) is 2. The molecule has 0 aromatic heterocycles. The van der Waals surface area contributed by atoms with Crippen LogP contribution in [0.5, 0.6) is 11.5 Å². The molecule has 1 heterocycles. The minimum Gasteiger partial charge on any atom is -0.493 e. The number of carbonyl (C=O) groups is 1. The number of methoxy groups -OCH3 is 2. The van der Waals surface area contributed by atoms with Gasteiger partial charge in [0.1, 0.15) is 0 Å². The molecule has 5 rings (SSSR count). The molecule has 2 fully saturated rings. The Labute approximate surface area is 209 Å². The molecule has 3 aliphatic rings. The average Bonchev–Trinajstić information content (AvgIpc) is 3.29. The summed E-state index contributed by atoms with van der Waals surface area (Å²) in [5.74, 6) is 1.42. The molecule has 2 aliphatic carbocycles. The molecule has 0 radical (unpaired) electrons. The summed E-state index contributed by atoms with van der Waals surface area (Å²) < 4.78 is 11.6. The molecule has 0 spiro atoms. The Balaban J connectivity index is 1.63. The van der Waals surface area contributed by atoms with Crippen molar-refractivity contribution < 1.29 is 14.3 Å². The summed E-state index contributed by atoms with van der Waals surface area (Å²) in [6, 6.07) is 14.4. The van der Waals surface area contributed by atoms with E-state index in [4.69, 9.17) is 9.47 Å². The van der Waals surface area contributed by atoms with Crippen LogP contribution in [-0.2, 0) is 10.5 Å². The highest BCUT2D eigenvalue weighted by Gasteiger charge is 2.53. The second kappa shape index (κ2) is 10.4. The SMILES string of the molecule is COc1cccc(C2([C@@H](C(=O)NC3CCCCC3)C3CCCCC3)Nc3ccccc3N2)c1OC. The normalized spacial score (nSPS) is 20.7. The van der Waals surface area contributed by atoms with Gasteiger partial charge in [-0.1, -0.05) is 62.8 Å². The van der Waals surface area contributed by atoms with E-state index < -0.39 is 5.66 Å². The second-order valence-corrected chi connectivity index (χ2v) is 10.4. The van der Waals surface area contributed by atoms with Crippen molar-refractivity contribution in [1.82, 2.24) is 5.32 Å². The van der Waals surface area contributed by atoms with E-state index in [2.05, 4.69) is 34.1 Å². The maximum absolute atomic E-state index is 14.3. The van der Waals surface area contributed by atoms with Crippen LogP contribution in [0, 0.1) is 11.8 Å². The average molecular weight is 478 g/mol. The Hall–Kier alpha value is -2.89. The van der Waals surface area contributed by atoms with Gasteiger partial charge in [0.15, 0.2) is 17.2 Å². The van der Waals surface area contributed by atoms with Gasteiger partial charge in [0.05, 0.1) is 31.5 Å². The van der Waals surface area contributed by atoms with Gasteiger partial charge in [0.25, 0.3) is 0 Å². The lowest BCUT2D eigenvalue weighted by molar-refractivity contribution is -0.130. The number of hydrogen-bond donors (Lipinski definition) is 3. The fourth-order valence-electron chi connectivity index (χ4n) is 6.58. The fraction of sp³-hybridized carbons (Fsp3) is 0.552. The summed E-state index contributed by atoms with van der Waals surface area (Å²) in [5, 5.41) is 11.1. The number of fused-ring (bicyclic) bond motifs is 1. The standard InChI is InChI=1S/C29H39N3O3/c1-34-25-19-11-16-22(27(25)35-2)29(31-23-17-9-10-18-24(23)32-29)26(20-12-5-3-6-13-20)28(33)30-21-14-7-4-8-15-21/h9-11,16-21,26,31-32H,3-8,12-15H2,1-2H3,(H,30,33)/t26-/m1/s1. The minimum absolute atomic E-state index is 0.140. The molecular formula is C29H39N3O3. The van der Waals surface area contributed by atoms with E-state index in [-0.39, 0.29) is 23.8 Å². The Morgan fingerprint density at radius 2 is 1.49 bits per heavy atom. The van der Waals surface area contributed by atoms with E-state index in [1.807, 2.05) is 24.3 Å². The van der Waals surface area contributed by atoms with Crippen LogP contribution < -0.4 is 25.4 Å². The zero-order valence-corrected chi connectivity index (χ0v) is 21.1. The number of benzene rings is 2. The van der Waals surface area contributed by atoms with Crippen molar-refractivity contribution in [3.8, 4) is 11.5 Å². The van der Waals surface area contributed by atoms with E-state index in [9.17, 15) is 4.79 Å². The van der Waals surface area contributed by atoms with E-state index in [0.29, 0.717) is 11.5 Å². The van der Waals surface area contributed by atoms with Gasteiger partial charge in [-0.3, -0.25) is 4.79 Å². The number of anilines is 2. The van der Waals surface area contributed by atoms with Gasteiger partial charge >= 0.3 is 0 Å². The molecule has 0 bridgehead atoms. The van der Waals surface area contributed by atoms with Crippen LogP contribution in [0.2, 0.25) is 0 Å². The van der Waals surface area contributed by atoms with Crippen LogP contribution in [0.25, 0.3) is 0 Å². The van der Waals surface area contributed by atoms with E-state index >= 15 is 0 Å². The van der Waals surface area contributed by atoms with E-state index in [0.717, 1.165) is 55.5 Å². The van der Waals surface area contributed by atoms with Crippen LogP contribution in [0.15, 0.2) is 42.5 Å². The number of hydrogen-bond acceptors (Lipinski definition) is 5. The minimum atomic E-state index is -0.843. The Morgan fingerprint density at radius 1 is 0.857 bits per heavy atom. The Bertz CT molecular complexity index is 1000. The van der Waals surface area contributed by atoms with Crippen molar-refractivity contribution in [2.45, 2.75) is 75.9 Å². The van der Waals surface area contributed by atoms with Crippen molar-refractivity contribution in [2.75, 3.05) is 24.9 Å². The Morgan fingerprint density at radius 3 is 2.09 bits per heavy atom. The lowest BCUT2D eigenvalue weighted by atomic mass is 9.70. The third-order valence-corrected chi connectivity index (χ3v) is 8.24. The first-order valence-corrected chi connectivity index (χ1v) is 13.3. The maximum Gasteiger partial charge on any atom is 0.228 e. The largest absolute Gasteiger partial charge is 0.493 e. The molecule has 1 aliphatic heterocycles. The van der Waals surface area contributed by atoms with Gasteiger partial charge in [-0.25, -0.2) is 0 Å². The predicted octanol–water partition coefficient (Wildman–Crippen LogP) is 6.04. The third-order valence-electron chi connectivity index (χ3n) is 8.24. The number of para-hydroxylation sites is 3. The van der Waals surface area contributed by atoms with Crippen LogP contribution in [0.1, 0.15) is 69.8 Å². The smallest absolute Gasteiger partial charge is 0.228 e. The van der Waals surface area contributed by atoms with Gasteiger partial charge in [0, 0.05) is 11.6 Å². The molecule has 188 valence electrons. The van der Waals surface area contributed by atoms with Gasteiger partial charge < -0.3 is 25.4 Å². The highest BCUT2D eigenvalue weighted by Crippen LogP contribution is 2.52. The molecule has 0 unspecified atom stereocenters. The molecule has 1 atom stereocenters. The zero-order chi connectivity index (χ0) is 24.3. The summed E-state index contributed by atoms with van der Waals surface area (Å²) >= 11 is 0. The summed E-state index contributed by atoms with van der Waals surface area (Å²) in [6.07, 6.45) is 11.5. The molecule has 0 saturated heterocycles. The summed E-state index contributed by atoms with van der Waals surface area (Å²) in [6.45, 7) is 0. The van der Waals surface area contributed by atoms with E-state index in [1.54, 1.807) is 14.2 Å². The molecule has 2 aromatic carbocycles. The van der Waals surface area contributed by atoms with Gasteiger partial charge in [-0.15, -0.1) is 0 Å². The first-order valence-electron chi connectivity index (χ1n) is 13.3. The van der Waals surface area contributed by atoms with Crippen molar-refractivity contribution in [3.05, 3.63) is 48.0 Å². The maximum atomic E-state index is 14.3. The number of nitrogens with one attached hydrogen (secondary N) is 3. The topological polar surface area (TPSA) is 71.6 Å². The second-order valence-electron chi connectivity index (χ2n) is 10.4. The third kappa shape index (κ3) is 4.55. The first kappa shape index (κ1) is 23.8. The summed E-state index contributed by atoms with van der Waals surface area (Å²) in [7, 11) is 3.34. The predicted molar refractivity (Wildman–Crippen MR) is 140 cm³/mol. The molecule has 6 heteroatoms. The number of rotatable bonds is 7. The summed E-state index contributed by atoms with van der Waals surface area (Å²) in [4.78, 5) is 14.3. The molecule has 2 saturated carbocycles. The molecule has 35 heavy (non-hydrogen) atoms. The highest BCUT2D eigenvalue weighted by atomic mass is 16.5. The van der Waals surface area contributed by atoms with Crippen LogP contribution in [0.3, 0.4) is 0 Å². The lowest BCUT2D eigenvalue weighted by Crippen LogP contribution is -2.57. The van der Waals surface area contributed by atoms with Crippen molar-refractivity contribution in [3.63, 3.8) is 0 Å². The van der Waals surface area contributed by atoms with Gasteiger partial charge in [-0.2, -0.15) is 0 Å². The molecule has 1 amide bonds. The van der Waals surface area contributed by atoms with Crippen LogP contribution >= 0.6 is 0 Å². The van der Waals surface area contributed by atoms with Crippen LogP contribution in [-0.4, -0.2) is 26.2 Å². The van der Waals surface area contributed by atoms with Gasteiger partial charge in [-0.05, 0) is 49.8 Å². The molecule has 2 aromatic rings. The van der Waals surface area contributed by atoms with E-state index in [1.165, 1.54) is 25.7 Å². The monoisotopic (exact) mass is 477 g/mol. The van der Waals surface area contributed by atoms with Crippen molar-refractivity contribution in [2.24, 2.45) is 11.8 Å². The van der Waals surface area contributed by atoms with Crippen molar-refractivity contribution >= 4 is 17.3 Å². The fourth-order valence-corrected chi connectivity index (χ4v) is 6.58. The molecular weight excluding hydrogens is 438 g/mol. The summed E-state index contributed by atoms with van der Waals surface area (Å²) in [5.41, 5.74) is 2.07. The first-order chi connectivity index (χ1) is 17.2. The number of carbonyl (C=O) groups excluding carboxylic acids is 1. The quantitative estimate of drug-likeness (QED) is 0.453. The van der Waals surface area contributed by atoms with Crippen LogP contribution in [0.4, 0.5) is 11.4 Å². The highest BCUT2D eigenvalue weighted by molar-refractivity contribution is 5.87. The lowest BCUT2D eigenvalue weighted by Gasteiger charge is -2.44. The van der Waals surface area contributed by atoms with Crippen molar-refractivity contribution in [1.29, 1.82) is 0 Å². The number of amides is 1. The molecule has 3 N–H and O–H groups in total. The molecule has 6 nitrogen and oxygen atoms in total.